The normalized spacial score (nSPS) is 11.4. The minimum absolute atomic E-state index is 0.0819. The van der Waals surface area contributed by atoms with Crippen molar-refractivity contribution < 1.29 is 12.8 Å². The van der Waals surface area contributed by atoms with E-state index < -0.39 is 10.0 Å². The third-order valence-electron chi connectivity index (χ3n) is 3.91. The summed E-state index contributed by atoms with van der Waals surface area (Å²) in [5.74, 6) is 0.577. The zero-order chi connectivity index (χ0) is 18.9. The second kappa shape index (κ2) is 6.73. The Bertz CT molecular complexity index is 1180. The van der Waals surface area contributed by atoms with Gasteiger partial charge >= 0.3 is 0 Å². The van der Waals surface area contributed by atoms with Crippen molar-refractivity contribution >= 4 is 15.7 Å². The van der Waals surface area contributed by atoms with Crippen LogP contribution in [-0.4, -0.2) is 23.6 Å². The molecule has 4 aromatic rings. The quantitative estimate of drug-likeness (QED) is 0.548. The first kappa shape index (κ1) is 17.0. The molecule has 0 saturated carbocycles. The molecule has 2 aromatic heterocycles. The van der Waals surface area contributed by atoms with Crippen molar-refractivity contribution in [1.82, 2.24) is 15.2 Å². The van der Waals surface area contributed by atoms with Gasteiger partial charge in [-0.2, -0.15) is 0 Å². The number of hydrogen-bond donors (Lipinski definition) is 2. The van der Waals surface area contributed by atoms with E-state index in [1.165, 1.54) is 12.3 Å². The maximum Gasteiger partial charge on any atom is 0.264 e. The van der Waals surface area contributed by atoms with Gasteiger partial charge in [-0.1, -0.05) is 30.3 Å². The summed E-state index contributed by atoms with van der Waals surface area (Å²) in [5.41, 5.74) is 2.68. The molecule has 0 saturated heterocycles. The molecule has 0 aliphatic heterocycles. The lowest BCUT2D eigenvalue weighted by Gasteiger charge is -2.06. The first-order valence-electron chi connectivity index (χ1n) is 8.18. The van der Waals surface area contributed by atoms with Crippen LogP contribution in [0.15, 0.2) is 76.2 Å². The highest BCUT2D eigenvalue weighted by atomic mass is 32.2. The van der Waals surface area contributed by atoms with Crippen molar-refractivity contribution in [3.63, 3.8) is 0 Å². The summed E-state index contributed by atoms with van der Waals surface area (Å²) in [6.45, 7) is 1.89. The number of H-pyrrole nitrogens is 1. The van der Waals surface area contributed by atoms with Crippen LogP contribution in [0, 0.1) is 6.92 Å². The maximum absolute atomic E-state index is 12.6. The lowest BCUT2D eigenvalue weighted by molar-refractivity contribution is 0.582. The number of benzene rings is 2. The fraction of sp³-hybridized carbons (Fsp3) is 0.0526. The Balaban J connectivity index is 1.59. The van der Waals surface area contributed by atoms with E-state index in [4.69, 9.17) is 4.42 Å². The molecule has 8 heteroatoms. The summed E-state index contributed by atoms with van der Waals surface area (Å²) in [6, 6.07) is 17.9. The van der Waals surface area contributed by atoms with E-state index in [0.29, 0.717) is 17.3 Å². The summed E-state index contributed by atoms with van der Waals surface area (Å²) in [6.07, 6.45) is 1.39. The Morgan fingerprint density at radius 1 is 0.963 bits per heavy atom. The van der Waals surface area contributed by atoms with Crippen LogP contribution in [0.4, 0.5) is 5.69 Å². The van der Waals surface area contributed by atoms with E-state index in [1.54, 1.807) is 18.2 Å². The molecule has 2 aromatic carbocycles. The second-order valence-corrected chi connectivity index (χ2v) is 7.68. The molecule has 0 spiro atoms. The molecule has 0 radical (unpaired) electrons. The first-order valence-corrected chi connectivity index (χ1v) is 9.67. The molecular weight excluding hydrogens is 364 g/mol. The molecule has 0 amide bonds. The number of aromatic amines is 1. The largest absolute Gasteiger partial charge is 0.415 e. The summed E-state index contributed by atoms with van der Waals surface area (Å²) in [5, 5.41) is 8.00. The Morgan fingerprint density at radius 2 is 1.74 bits per heavy atom. The van der Waals surface area contributed by atoms with Gasteiger partial charge in [-0.25, -0.2) is 8.42 Å². The van der Waals surface area contributed by atoms with Crippen molar-refractivity contribution in [3.05, 3.63) is 72.4 Å². The number of rotatable bonds is 5. The second-order valence-electron chi connectivity index (χ2n) is 6.00. The summed E-state index contributed by atoms with van der Waals surface area (Å²) >= 11 is 0. The van der Waals surface area contributed by atoms with Crippen molar-refractivity contribution in [1.29, 1.82) is 0 Å². The molecule has 0 bridgehead atoms. The zero-order valence-corrected chi connectivity index (χ0v) is 15.2. The third kappa shape index (κ3) is 3.61. The van der Waals surface area contributed by atoms with Crippen LogP contribution in [0.2, 0.25) is 0 Å². The lowest BCUT2D eigenvalue weighted by Crippen LogP contribution is -2.12. The Morgan fingerprint density at radius 3 is 2.52 bits per heavy atom. The lowest BCUT2D eigenvalue weighted by atomic mass is 10.2. The van der Waals surface area contributed by atoms with Crippen LogP contribution in [-0.2, 0) is 10.0 Å². The smallest absolute Gasteiger partial charge is 0.264 e. The summed E-state index contributed by atoms with van der Waals surface area (Å²) in [4.78, 5) is 2.96. The van der Waals surface area contributed by atoms with E-state index in [9.17, 15) is 8.42 Å². The number of nitrogens with zero attached hydrogens (tertiary/aromatic N) is 2. The number of anilines is 1. The summed E-state index contributed by atoms with van der Waals surface area (Å²) in [7, 11) is -3.73. The zero-order valence-electron chi connectivity index (χ0n) is 14.4. The van der Waals surface area contributed by atoms with Crippen LogP contribution < -0.4 is 4.72 Å². The molecule has 0 unspecified atom stereocenters. The van der Waals surface area contributed by atoms with Crippen LogP contribution in [0.25, 0.3) is 23.0 Å². The molecule has 0 fully saturated rings. The van der Waals surface area contributed by atoms with E-state index >= 15 is 0 Å². The van der Waals surface area contributed by atoms with Crippen molar-refractivity contribution in [2.24, 2.45) is 0 Å². The first-order chi connectivity index (χ1) is 13.0. The van der Waals surface area contributed by atoms with E-state index in [-0.39, 0.29) is 10.8 Å². The maximum atomic E-state index is 12.6. The van der Waals surface area contributed by atoms with Gasteiger partial charge in [0.05, 0.1) is 0 Å². The molecule has 2 N–H and O–H groups in total. The van der Waals surface area contributed by atoms with E-state index in [2.05, 4.69) is 19.9 Å². The van der Waals surface area contributed by atoms with Gasteiger partial charge in [-0.15, -0.1) is 10.2 Å². The van der Waals surface area contributed by atoms with Crippen LogP contribution >= 0.6 is 0 Å². The van der Waals surface area contributed by atoms with Crippen LogP contribution in [0.3, 0.4) is 0 Å². The SMILES string of the molecule is Cc1cccc(NS(=O)(=O)c2c[nH]c(-c3nnc(-c4ccccc4)o3)c2)c1. The average molecular weight is 380 g/mol. The number of aryl methyl sites for hydroxylation is 1. The molecule has 0 aliphatic carbocycles. The highest BCUT2D eigenvalue weighted by molar-refractivity contribution is 7.92. The van der Waals surface area contributed by atoms with Gasteiger partial charge in [0, 0.05) is 17.4 Å². The van der Waals surface area contributed by atoms with E-state index in [1.807, 2.05) is 43.3 Å². The van der Waals surface area contributed by atoms with E-state index in [0.717, 1.165) is 11.1 Å². The number of sulfonamides is 1. The topological polar surface area (TPSA) is 101 Å². The molecular formula is C19H16N4O3S. The predicted molar refractivity (Wildman–Crippen MR) is 102 cm³/mol. The van der Waals surface area contributed by atoms with Gasteiger partial charge in [-0.05, 0) is 42.8 Å². The van der Waals surface area contributed by atoms with Gasteiger partial charge in [0.1, 0.15) is 10.6 Å². The van der Waals surface area contributed by atoms with Gasteiger partial charge < -0.3 is 9.40 Å². The Kier molecular flexibility index (Phi) is 4.25. The molecule has 7 nitrogen and oxygen atoms in total. The minimum atomic E-state index is -3.73. The molecule has 0 atom stereocenters. The molecule has 136 valence electrons. The number of hydrogen-bond acceptors (Lipinski definition) is 5. The average Bonchev–Trinajstić information content (AvgIpc) is 3.32. The van der Waals surface area contributed by atoms with Crippen LogP contribution in [0.1, 0.15) is 5.56 Å². The predicted octanol–water partition coefficient (Wildman–Crippen LogP) is 3.84. The third-order valence-corrected chi connectivity index (χ3v) is 5.27. The van der Waals surface area contributed by atoms with Gasteiger partial charge in [0.25, 0.3) is 15.9 Å². The molecule has 0 aliphatic rings. The monoisotopic (exact) mass is 380 g/mol. The Hall–Kier alpha value is -3.39. The summed E-state index contributed by atoms with van der Waals surface area (Å²) < 4.78 is 33.4. The standard InChI is InChI=1S/C19H16N4O3S/c1-13-6-5-9-15(10-13)23-27(24,25)16-11-17(20-12-16)19-22-21-18(26-19)14-7-3-2-4-8-14/h2-12,20,23H,1H3. The highest BCUT2D eigenvalue weighted by Crippen LogP contribution is 2.25. The van der Waals surface area contributed by atoms with Crippen molar-refractivity contribution in [2.75, 3.05) is 4.72 Å². The van der Waals surface area contributed by atoms with Crippen molar-refractivity contribution in [3.8, 4) is 23.0 Å². The van der Waals surface area contributed by atoms with Crippen molar-refractivity contribution in [2.45, 2.75) is 11.8 Å². The van der Waals surface area contributed by atoms with Crippen LogP contribution in [0.5, 0.6) is 0 Å². The molecule has 4 rings (SSSR count). The van der Waals surface area contributed by atoms with Gasteiger partial charge in [0.2, 0.25) is 5.89 Å². The molecule has 2 heterocycles. The number of nitrogens with one attached hydrogen (secondary N) is 2. The number of aromatic nitrogens is 3. The fourth-order valence-electron chi connectivity index (χ4n) is 2.61. The molecule has 27 heavy (non-hydrogen) atoms. The Labute approximate surface area is 156 Å². The fourth-order valence-corrected chi connectivity index (χ4v) is 3.65. The highest BCUT2D eigenvalue weighted by Gasteiger charge is 2.19. The van der Waals surface area contributed by atoms with Gasteiger partial charge in [0.15, 0.2) is 0 Å². The minimum Gasteiger partial charge on any atom is -0.415 e. The van der Waals surface area contributed by atoms with Gasteiger partial charge in [-0.3, -0.25) is 4.72 Å².